The summed E-state index contributed by atoms with van der Waals surface area (Å²) >= 11 is 5.19. The molecule has 0 fully saturated rings. The Morgan fingerprint density at radius 2 is 2.19 bits per heavy atom. The lowest BCUT2D eigenvalue weighted by Crippen LogP contribution is -2.35. The van der Waals surface area contributed by atoms with E-state index in [1.54, 1.807) is 6.20 Å². The van der Waals surface area contributed by atoms with Gasteiger partial charge in [0.1, 0.15) is 0 Å². The third-order valence-electron chi connectivity index (χ3n) is 2.82. The summed E-state index contributed by atoms with van der Waals surface area (Å²) in [6, 6.07) is 3.90. The summed E-state index contributed by atoms with van der Waals surface area (Å²) in [5.41, 5.74) is 1.09. The van der Waals surface area contributed by atoms with Crippen molar-refractivity contribution in [2.24, 2.45) is 0 Å². The Balaban J connectivity index is 1.97. The van der Waals surface area contributed by atoms with Crippen LogP contribution >= 0.6 is 12.2 Å². The minimum Gasteiger partial charge on any atom is -0.466 e. The summed E-state index contributed by atoms with van der Waals surface area (Å²) in [7, 11) is 0. The van der Waals surface area contributed by atoms with E-state index in [9.17, 15) is 4.79 Å². The molecule has 5 nitrogen and oxygen atoms in total. The number of carbonyl (C=O) groups is 1. The molecule has 21 heavy (non-hydrogen) atoms. The summed E-state index contributed by atoms with van der Waals surface area (Å²) in [6.45, 7) is 3.75. The Bertz CT molecular complexity index is 426. The zero-order chi connectivity index (χ0) is 15.3. The fourth-order valence-electron chi connectivity index (χ4n) is 1.75. The molecule has 0 saturated heterocycles. The quantitative estimate of drug-likeness (QED) is 0.414. The maximum atomic E-state index is 11.1. The van der Waals surface area contributed by atoms with Gasteiger partial charge in [0, 0.05) is 31.9 Å². The number of ether oxygens (including phenoxy) is 1. The van der Waals surface area contributed by atoms with E-state index in [2.05, 4.69) is 15.6 Å². The second kappa shape index (κ2) is 11.0. The van der Waals surface area contributed by atoms with E-state index in [0.717, 1.165) is 31.4 Å². The maximum Gasteiger partial charge on any atom is 0.305 e. The Hall–Kier alpha value is -1.69. The van der Waals surface area contributed by atoms with Crippen LogP contribution in [0.3, 0.4) is 0 Å². The average molecular weight is 309 g/mol. The summed E-state index contributed by atoms with van der Waals surface area (Å²) in [6.07, 6.45) is 6.88. The van der Waals surface area contributed by atoms with Crippen molar-refractivity contribution in [3.05, 3.63) is 30.1 Å². The standard InChI is InChI=1S/C15H23N3O2S/c1-2-20-14(19)8-4-3-5-10-17-15(21)18-12-13-7-6-9-16-11-13/h6-7,9,11H,2-5,8,10,12H2,1H3,(H2,17,18,21). The van der Waals surface area contributed by atoms with Crippen molar-refractivity contribution < 1.29 is 9.53 Å². The van der Waals surface area contributed by atoms with Crippen molar-refractivity contribution in [2.75, 3.05) is 13.2 Å². The van der Waals surface area contributed by atoms with E-state index in [4.69, 9.17) is 17.0 Å². The van der Waals surface area contributed by atoms with Crippen LogP contribution in [0.25, 0.3) is 0 Å². The number of rotatable bonds is 9. The van der Waals surface area contributed by atoms with Gasteiger partial charge in [0.15, 0.2) is 5.11 Å². The van der Waals surface area contributed by atoms with Crippen LogP contribution in [-0.2, 0) is 16.1 Å². The first kappa shape index (κ1) is 17.4. The molecule has 0 aliphatic heterocycles. The first-order chi connectivity index (χ1) is 10.2. The molecule has 0 saturated carbocycles. The molecule has 116 valence electrons. The van der Waals surface area contributed by atoms with Crippen molar-refractivity contribution in [1.29, 1.82) is 0 Å². The molecule has 6 heteroatoms. The second-order valence-corrected chi connectivity index (χ2v) is 4.99. The highest BCUT2D eigenvalue weighted by Gasteiger charge is 2.01. The summed E-state index contributed by atoms with van der Waals surface area (Å²) in [5, 5.41) is 6.92. The highest BCUT2D eigenvalue weighted by molar-refractivity contribution is 7.80. The maximum absolute atomic E-state index is 11.1. The van der Waals surface area contributed by atoms with Crippen LogP contribution in [0.5, 0.6) is 0 Å². The third-order valence-corrected chi connectivity index (χ3v) is 3.11. The monoisotopic (exact) mass is 309 g/mol. The van der Waals surface area contributed by atoms with Crippen LogP contribution in [0.1, 0.15) is 38.2 Å². The summed E-state index contributed by atoms with van der Waals surface area (Å²) in [5.74, 6) is -0.112. The molecule has 0 aliphatic rings. The van der Waals surface area contributed by atoms with E-state index in [-0.39, 0.29) is 5.97 Å². The largest absolute Gasteiger partial charge is 0.466 e. The number of thiocarbonyl (C=S) groups is 1. The van der Waals surface area contributed by atoms with E-state index >= 15 is 0 Å². The normalized spacial score (nSPS) is 9.95. The fourth-order valence-corrected chi connectivity index (χ4v) is 1.93. The number of unbranched alkanes of at least 4 members (excludes halogenated alkanes) is 2. The van der Waals surface area contributed by atoms with Gasteiger partial charge >= 0.3 is 5.97 Å². The predicted octanol–water partition coefficient (Wildman–Crippen LogP) is 2.17. The molecule has 0 aliphatic carbocycles. The van der Waals surface area contributed by atoms with Crippen molar-refractivity contribution in [2.45, 2.75) is 39.2 Å². The number of hydrogen-bond acceptors (Lipinski definition) is 4. The van der Waals surface area contributed by atoms with E-state index < -0.39 is 0 Å². The molecule has 0 aromatic carbocycles. The number of hydrogen-bond donors (Lipinski definition) is 2. The molecule has 1 aromatic heterocycles. The molecule has 0 radical (unpaired) electrons. The number of nitrogens with zero attached hydrogens (tertiary/aromatic N) is 1. The van der Waals surface area contributed by atoms with Crippen LogP contribution in [0, 0.1) is 0 Å². The van der Waals surface area contributed by atoms with Crippen LogP contribution < -0.4 is 10.6 Å². The molecule has 2 N–H and O–H groups in total. The second-order valence-electron chi connectivity index (χ2n) is 4.59. The zero-order valence-electron chi connectivity index (χ0n) is 12.4. The lowest BCUT2D eigenvalue weighted by atomic mass is 10.2. The number of carbonyl (C=O) groups excluding carboxylic acids is 1. The van der Waals surface area contributed by atoms with Gasteiger partial charge in [-0.2, -0.15) is 0 Å². The molecule has 0 atom stereocenters. The lowest BCUT2D eigenvalue weighted by molar-refractivity contribution is -0.143. The fraction of sp³-hybridized carbons (Fsp3) is 0.533. The first-order valence-electron chi connectivity index (χ1n) is 7.28. The topological polar surface area (TPSA) is 63.2 Å². The zero-order valence-corrected chi connectivity index (χ0v) is 13.2. The molecule has 1 aromatic rings. The van der Waals surface area contributed by atoms with E-state index in [1.165, 1.54) is 0 Å². The average Bonchev–Trinajstić information content (AvgIpc) is 2.50. The molecular weight excluding hydrogens is 286 g/mol. The Morgan fingerprint density at radius 3 is 2.90 bits per heavy atom. The van der Waals surface area contributed by atoms with Gasteiger partial charge in [-0.1, -0.05) is 12.5 Å². The van der Waals surface area contributed by atoms with Crippen LogP contribution in [0.2, 0.25) is 0 Å². The van der Waals surface area contributed by atoms with Crippen LogP contribution in [-0.4, -0.2) is 29.2 Å². The van der Waals surface area contributed by atoms with Gasteiger partial charge in [-0.3, -0.25) is 9.78 Å². The molecule has 0 bridgehead atoms. The molecular formula is C15H23N3O2S. The Morgan fingerprint density at radius 1 is 1.33 bits per heavy atom. The van der Waals surface area contributed by atoms with Gasteiger partial charge in [0.2, 0.25) is 0 Å². The first-order valence-corrected chi connectivity index (χ1v) is 7.69. The molecule has 0 amide bonds. The molecule has 1 rings (SSSR count). The van der Waals surface area contributed by atoms with Gasteiger partial charge in [-0.15, -0.1) is 0 Å². The third kappa shape index (κ3) is 8.96. The summed E-state index contributed by atoms with van der Waals surface area (Å²) < 4.78 is 4.87. The Kier molecular flexibility index (Phi) is 9.11. The van der Waals surface area contributed by atoms with E-state index in [1.807, 2.05) is 25.3 Å². The van der Waals surface area contributed by atoms with Crippen LogP contribution in [0.15, 0.2) is 24.5 Å². The molecule has 0 unspecified atom stereocenters. The van der Waals surface area contributed by atoms with Gasteiger partial charge in [-0.05, 0) is 43.6 Å². The number of aromatic nitrogens is 1. The van der Waals surface area contributed by atoms with Crippen molar-refractivity contribution in [1.82, 2.24) is 15.6 Å². The lowest BCUT2D eigenvalue weighted by Gasteiger charge is -2.10. The van der Waals surface area contributed by atoms with Crippen molar-refractivity contribution in [3.63, 3.8) is 0 Å². The smallest absolute Gasteiger partial charge is 0.305 e. The minimum atomic E-state index is -0.112. The highest BCUT2D eigenvalue weighted by Crippen LogP contribution is 2.00. The van der Waals surface area contributed by atoms with Gasteiger partial charge in [0.05, 0.1) is 6.61 Å². The predicted molar refractivity (Wildman–Crippen MR) is 86.8 cm³/mol. The minimum absolute atomic E-state index is 0.112. The van der Waals surface area contributed by atoms with Crippen molar-refractivity contribution >= 4 is 23.3 Å². The van der Waals surface area contributed by atoms with Gasteiger partial charge in [0.25, 0.3) is 0 Å². The number of esters is 1. The number of nitrogens with one attached hydrogen (secondary N) is 2. The van der Waals surface area contributed by atoms with Gasteiger partial charge < -0.3 is 15.4 Å². The molecule has 1 heterocycles. The summed E-state index contributed by atoms with van der Waals surface area (Å²) in [4.78, 5) is 15.2. The highest BCUT2D eigenvalue weighted by atomic mass is 32.1. The molecule has 0 spiro atoms. The van der Waals surface area contributed by atoms with Crippen LogP contribution in [0.4, 0.5) is 0 Å². The van der Waals surface area contributed by atoms with Crippen molar-refractivity contribution in [3.8, 4) is 0 Å². The SMILES string of the molecule is CCOC(=O)CCCCCNC(=S)NCc1cccnc1. The van der Waals surface area contributed by atoms with Gasteiger partial charge in [-0.25, -0.2) is 0 Å². The Labute approximate surface area is 131 Å². The van der Waals surface area contributed by atoms with E-state index in [0.29, 0.717) is 24.7 Å². The number of pyridine rings is 1.